The third kappa shape index (κ3) is 4.30. The van der Waals surface area contributed by atoms with E-state index in [0.29, 0.717) is 17.5 Å². The zero-order chi connectivity index (χ0) is 22.2. The van der Waals surface area contributed by atoms with E-state index in [1.807, 2.05) is 18.2 Å². The summed E-state index contributed by atoms with van der Waals surface area (Å²) >= 11 is 0. The lowest BCUT2D eigenvalue weighted by atomic mass is 9.98. The highest BCUT2D eigenvalue weighted by Gasteiger charge is 2.38. The molecule has 1 atom stereocenters. The highest BCUT2D eigenvalue weighted by molar-refractivity contribution is 6.15. The molecule has 0 amide bonds. The summed E-state index contributed by atoms with van der Waals surface area (Å²) in [6.45, 7) is 7.36. The number of cyclic esters (lactones) is 2. The summed E-state index contributed by atoms with van der Waals surface area (Å²) in [7, 11) is 0. The largest absolute Gasteiger partial charge is 0.436 e. The first-order valence-corrected chi connectivity index (χ1v) is 10.2. The van der Waals surface area contributed by atoms with Crippen LogP contribution >= 0.6 is 0 Å². The van der Waals surface area contributed by atoms with Crippen molar-refractivity contribution in [3.8, 4) is 11.5 Å². The Morgan fingerprint density at radius 1 is 1.06 bits per heavy atom. The summed E-state index contributed by atoms with van der Waals surface area (Å²) in [5, 5.41) is 2.92. The number of nitrogens with zero attached hydrogens (tertiary/aromatic N) is 1. The van der Waals surface area contributed by atoms with Gasteiger partial charge in [-0.25, -0.2) is 14.6 Å². The zero-order valence-corrected chi connectivity index (χ0v) is 17.9. The van der Waals surface area contributed by atoms with Crippen LogP contribution in [0, 0.1) is 0 Å². The first-order chi connectivity index (χ1) is 14.8. The van der Waals surface area contributed by atoms with Gasteiger partial charge in [0.15, 0.2) is 11.2 Å². The van der Waals surface area contributed by atoms with E-state index in [4.69, 9.17) is 13.9 Å². The van der Waals surface area contributed by atoms with Crippen molar-refractivity contribution in [2.45, 2.75) is 45.8 Å². The molecule has 1 fully saturated rings. The molecule has 1 aliphatic rings. The van der Waals surface area contributed by atoms with Crippen LogP contribution in [0.4, 0.5) is 5.69 Å². The van der Waals surface area contributed by atoms with Gasteiger partial charge in [-0.3, -0.25) is 0 Å². The molecule has 31 heavy (non-hydrogen) atoms. The lowest BCUT2D eigenvalue weighted by Crippen LogP contribution is -2.42. The van der Waals surface area contributed by atoms with Crippen LogP contribution in [-0.4, -0.2) is 22.7 Å². The molecule has 0 bridgehead atoms. The maximum atomic E-state index is 12.0. The molecule has 7 nitrogen and oxygen atoms in total. The Balaban J connectivity index is 1.51. The predicted molar refractivity (Wildman–Crippen MR) is 116 cm³/mol. The molecule has 7 heteroatoms. The second-order valence-electron chi connectivity index (χ2n) is 8.01. The van der Waals surface area contributed by atoms with E-state index >= 15 is 0 Å². The number of oxazole rings is 1. The van der Waals surface area contributed by atoms with E-state index in [-0.39, 0.29) is 5.57 Å². The number of esters is 2. The minimum atomic E-state index is -1.26. The Bertz CT molecular complexity index is 1150. The van der Waals surface area contributed by atoms with Crippen molar-refractivity contribution in [2.24, 2.45) is 0 Å². The summed E-state index contributed by atoms with van der Waals surface area (Å²) in [5.41, 5.74) is 4.11. The van der Waals surface area contributed by atoms with Gasteiger partial charge in [0.25, 0.3) is 5.79 Å². The number of ether oxygens (including phenoxy) is 2. The van der Waals surface area contributed by atoms with Crippen LogP contribution in [0.5, 0.6) is 0 Å². The van der Waals surface area contributed by atoms with Gasteiger partial charge in [0.1, 0.15) is 5.52 Å². The minimum Gasteiger partial charge on any atom is -0.436 e. The van der Waals surface area contributed by atoms with Crippen molar-refractivity contribution in [3.05, 3.63) is 59.8 Å². The average Bonchev–Trinajstić information content (AvgIpc) is 3.15. The fraction of sp³-hybridized carbons (Fsp3) is 0.292. The van der Waals surface area contributed by atoms with Gasteiger partial charge in [0.2, 0.25) is 5.89 Å². The quantitative estimate of drug-likeness (QED) is 0.347. The minimum absolute atomic E-state index is 0.195. The van der Waals surface area contributed by atoms with Crippen LogP contribution in [0.25, 0.3) is 22.6 Å². The number of hydrogen-bond donors (Lipinski definition) is 1. The van der Waals surface area contributed by atoms with Crippen molar-refractivity contribution in [2.75, 3.05) is 5.32 Å². The summed E-state index contributed by atoms with van der Waals surface area (Å²) in [6.07, 6.45) is 2.35. The van der Waals surface area contributed by atoms with Gasteiger partial charge in [-0.15, -0.1) is 0 Å². The SMILES string of the molecule is CCC(C)c1ccc2oc(-c3ccc(NC=C4C(=O)OC(C)(C)OC4=O)cc3)nc2c1. The van der Waals surface area contributed by atoms with Gasteiger partial charge in [-0.1, -0.05) is 19.9 Å². The molecule has 0 spiro atoms. The summed E-state index contributed by atoms with van der Waals surface area (Å²) in [6, 6.07) is 13.4. The number of anilines is 1. The van der Waals surface area contributed by atoms with E-state index in [0.717, 1.165) is 23.1 Å². The highest BCUT2D eigenvalue weighted by Crippen LogP contribution is 2.29. The topological polar surface area (TPSA) is 90.7 Å². The first-order valence-electron chi connectivity index (χ1n) is 10.2. The Kier molecular flexibility index (Phi) is 5.27. The molecule has 3 aromatic rings. The number of nitrogens with one attached hydrogen (secondary N) is 1. The molecule has 1 saturated heterocycles. The molecule has 1 aromatic heterocycles. The first kappa shape index (κ1) is 20.7. The molecule has 0 aliphatic carbocycles. The number of hydrogen-bond acceptors (Lipinski definition) is 7. The number of fused-ring (bicyclic) bond motifs is 1. The van der Waals surface area contributed by atoms with Crippen molar-refractivity contribution in [1.29, 1.82) is 0 Å². The van der Waals surface area contributed by atoms with Crippen molar-refractivity contribution in [3.63, 3.8) is 0 Å². The lowest BCUT2D eigenvalue weighted by molar-refractivity contribution is -0.222. The van der Waals surface area contributed by atoms with E-state index < -0.39 is 17.7 Å². The predicted octanol–water partition coefficient (Wildman–Crippen LogP) is 5.14. The Morgan fingerprint density at radius 3 is 2.39 bits per heavy atom. The second-order valence-corrected chi connectivity index (χ2v) is 8.01. The summed E-state index contributed by atoms with van der Waals surface area (Å²) in [4.78, 5) is 28.6. The third-order valence-corrected chi connectivity index (χ3v) is 5.22. The monoisotopic (exact) mass is 420 g/mol. The van der Waals surface area contributed by atoms with Crippen molar-refractivity contribution < 1.29 is 23.5 Å². The van der Waals surface area contributed by atoms with E-state index in [1.165, 1.54) is 25.6 Å². The van der Waals surface area contributed by atoms with Crippen LogP contribution in [0.1, 0.15) is 45.6 Å². The maximum absolute atomic E-state index is 12.0. The molecule has 1 N–H and O–H groups in total. The Morgan fingerprint density at radius 2 is 1.74 bits per heavy atom. The maximum Gasteiger partial charge on any atom is 0.350 e. The molecule has 1 aliphatic heterocycles. The van der Waals surface area contributed by atoms with Crippen molar-refractivity contribution in [1.82, 2.24) is 4.98 Å². The van der Waals surface area contributed by atoms with Crippen LogP contribution in [0.3, 0.4) is 0 Å². The fourth-order valence-electron chi connectivity index (χ4n) is 3.25. The molecule has 2 aromatic carbocycles. The van der Waals surface area contributed by atoms with Gasteiger partial charge < -0.3 is 19.2 Å². The van der Waals surface area contributed by atoms with Gasteiger partial charge >= 0.3 is 11.9 Å². The fourth-order valence-corrected chi connectivity index (χ4v) is 3.25. The molecule has 2 heterocycles. The van der Waals surface area contributed by atoms with Crippen LogP contribution in [0.15, 0.2) is 58.7 Å². The average molecular weight is 420 g/mol. The Hall–Kier alpha value is -3.61. The Labute approximate surface area is 180 Å². The lowest BCUT2D eigenvalue weighted by Gasteiger charge is -2.29. The van der Waals surface area contributed by atoms with Gasteiger partial charge in [0, 0.05) is 31.3 Å². The third-order valence-electron chi connectivity index (χ3n) is 5.22. The van der Waals surface area contributed by atoms with Crippen molar-refractivity contribution >= 4 is 28.7 Å². The second kappa shape index (κ2) is 7.91. The number of carbonyl (C=O) groups excluding carboxylic acids is 2. The molecule has 4 rings (SSSR count). The van der Waals surface area contributed by atoms with Gasteiger partial charge in [-0.2, -0.15) is 0 Å². The number of benzene rings is 2. The van der Waals surface area contributed by atoms with Crippen LogP contribution in [-0.2, 0) is 19.1 Å². The number of carbonyl (C=O) groups is 2. The smallest absolute Gasteiger partial charge is 0.350 e. The van der Waals surface area contributed by atoms with E-state index in [2.05, 4.69) is 36.3 Å². The molecule has 0 radical (unpaired) electrons. The molecular weight excluding hydrogens is 396 g/mol. The molecule has 0 saturated carbocycles. The zero-order valence-electron chi connectivity index (χ0n) is 17.9. The summed E-state index contributed by atoms with van der Waals surface area (Å²) in [5.74, 6) is -1.72. The van der Waals surface area contributed by atoms with Gasteiger partial charge in [0.05, 0.1) is 0 Å². The highest BCUT2D eigenvalue weighted by atomic mass is 16.7. The van der Waals surface area contributed by atoms with E-state index in [1.54, 1.807) is 12.1 Å². The molecule has 1 unspecified atom stereocenters. The summed E-state index contributed by atoms with van der Waals surface area (Å²) < 4.78 is 16.0. The van der Waals surface area contributed by atoms with Crippen LogP contribution < -0.4 is 5.32 Å². The molecular formula is C24H24N2O5. The normalized spacial score (nSPS) is 16.6. The number of rotatable bonds is 5. The number of aromatic nitrogens is 1. The standard InChI is InChI=1S/C24H24N2O5/c1-5-14(2)16-8-11-20-19(12-16)26-21(29-20)15-6-9-17(10-7-15)25-13-18-22(27)30-24(3,4)31-23(18)28/h6-14,25H,5H2,1-4H3. The van der Waals surface area contributed by atoms with E-state index in [9.17, 15) is 9.59 Å². The van der Waals surface area contributed by atoms with Crippen LogP contribution in [0.2, 0.25) is 0 Å². The molecule has 160 valence electrons. The van der Waals surface area contributed by atoms with Gasteiger partial charge in [-0.05, 0) is 54.3 Å².